The molecule has 1 aromatic carbocycles. The minimum Gasteiger partial charge on any atom is -0.491 e. The molecular weight excluding hydrogens is 482 g/mol. The van der Waals surface area contributed by atoms with Crippen molar-refractivity contribution in [2.24, 2.45) is 10.9 Å². The first kappa shape index (κ1) is 26.8. The highest BCUT2D eigenvalue weighted by Crippen LogP contribution is 2.35. The van der Waals surface area contributed by atoms with Crippen molar-refractivity contribution >= 4 is 27.8 Å². The predicted octanol–water partition coefficient (Wildman–Crippen LogP) is 2.28. The van der Waals surface area contributed by atoms with Gasteiger partial charge in [-0.2, -0.15) is 4.31 Å². The molecule has 3 aliphatic rings. The smallest absolute Gasteiger partial charge is 0.253 e. The number of hydrogen-bond donors (Lipinski definition) is 3. The highest BCUT2D eigenvalue weighted by Gasteiger charge is 2.48. The average Bonchev–Trinajstić information content (AvgIpc) is 3.18. The minimum atomic E-state index is -3.67. The van der Waals surface area contributed by atoms with Crippen LogP contribution in [-0.2, 0) is 14.8 Å². The number of piperidine rings is 1. The van der Waals surface area contributed by atoms with Crippen molar-refractivity contribution < 1.29 is 28.2 Å². The molecule has 2 heterocycles. The van der Waals surface area contributed by atoms with Gasteiger partial charge in [0.15, 0.2) is 0 Å². The molecule has 0 aromatic heterocycles. The number of aryl methyl sites for hydroxylation is 2. The van der Waals surface area contributed by atoms with E-state index in [1.165, 1.54) is 16.1 Å². The van der Waals surface area contributed by atoms with Gasteiger partial charge in [0.2, 0.25) is 10.0 Å². The number of sulfonamides is 1. The fourth-order valence-corrected chi connectivity index (χ4v) is 6.50. The summed E-state index contributed by atoms with van der Waals surface area (Å²) < 4.78 is 33.1. The molecule has 1 saturated carbocycles. The molecule has 1 aromatic rings. The number of amides is 1. The number of carbonyl (C=O) groups is 1. The van der Waals surface area contributed by atoms with Crippen LogP contribution in [0.5, 0.6) is 5.75 Å². The average molecular weight is 520 g/mol. The van der Waals surface area contributed by atoms with Gasteiger partial charge < -0.3 is 20.3 Å². The third kappa shape index (κ3) is 5.82. The molecule has 3 N–H and O–H groups in total. The van der Waals surface area contributed by atoms with Crippen molar-refractivity contribution in [3.63, 3.8) is 0 Å². The van der Waals surface area contributed by atoms with Crippen LogP contribution in [0.4, 0.5) is 0 Å². The second-order valence-electron chi connectivity index (χ2n) is 10.2. The molecule has 1 aliphatic carbocycles. The Morgan fingerprint density at radius 1 is 1.19 bits per heavy atom. The van der Waals surface area contributed by atoms with E-state index in [0.29, 0.717) is 24.5 Å². The zero-order valence-electron chi connectivity index (χ0n) is 21.1. The van der Waals surface area contributed by atoms with Gasteiger partial charge >= 0.3 is 0 Å². The minimum absolute atomic E-state index is 0.0282. The molecule has 4 rings (SSSR count). The topological polar surface area (TPSA) is 129 Å². The number of carbonyl (C=O) groups excluding carboxylic acids is 1. The molecule has 1 unspecified atom stereocenters. The molecule has 198 valence electrons. The number of aliphatic imine (C=N–C) groups is 1. The predicted molar refractivity (Wildman–Crippen MR) is 138 cm³/mol. The lowest BCUT2D eigenvalue weighted by Gasteiger charge is -2.34. The summed E-state index contributed by atoms with van der Waals surface area (Å²) in [6, 6.07) is 3.54. The van der Waals surface area contributed by atoms with Crippen LogP contribution in [0.15, 0.2) is 22.5 Å². The van der Waals surface area contributed by atoms with Crippen LogP contribution >= 0.6 is 0 Å². The summed E-state index contributed by atoms with van der Waals surface area (Å²) in [6.45, 7) is 3.81. The number of aliphatic hydroxyl groups excluding tert-OH is 2. The van der Waals surface area contributed by atoms with Crippen LogP contribution in [0, 0.1) is 19.8 Å². The number of benzene rings is 1. The van der Waals surface area contributed by atoms with E-state index < -0.39 is 21.7 Å². The quantitative estimate of drug-likeness (QED) is 0.483. The van der Waals surface area contributed by atoms with Crippen molar-refractivity contribution in [3.05, 3.63) is 34.2 Å². The Morgan fingerprint density at radius 3 is 2.44 bits per heavy atom. The molecule has 1 atom stereocenters. The molecule has 1 spiro atoms. The van der Waals surface area contributed by atoms with Crippen LogP contribution < -0.4 is 10.1 Å². The highest BCUT2D eigenvalue weighted by atomic mass is 32.2. The maximum atomic E-state index is 13.1. The summed E-state index contributed by atoms with van der Waals surface area (Å²) in [7, 11) is -3.67. The van der Waals surface area contributed by atoms with Gasteiger partial charge in [-0.3, -0.25) is 9.79 Å². The Kier molecular flexibility index (Phi) is 8.18. The lowest BCUT2D eigenvalue weighted by Crippen LogP contribution is -2.50. The zero-order valence-corrected chi connectivity index (χ0v) is 21.9. The zero-order chi connectivity index (χ0) is 25.9. The highest BCUT2D eigenvalue weighted by molar-refractivity contribution is 7.92. The Balaban J connectivity index is 1.41. The number of aliphatic hydroxyl groups is 2. The van der Waals surface area contributed by atoms with E-state index >= 15 is 0 Å². The van der Waals surface area contributed by atoms with Crippen LogP contribution in [0.25, 0.3) is 6.08 Å². The Morgan fingerprint density at radius 2 is 1.83 bits per heavy atom. The molecular formula is C26H37N3O6S. The molecule has 36 heavy (non-hydrogen) atoms. The fraction of sp³-hybridized carbons (Fsp3) is 0.615. The molecule has 10 heteroatoms. The maximum Gasteiger partial charge on any atom is 0.253 e. The van der Waals surface area contributed by atoms with Crippen LogP contribution in [0.1, 0.15) is 61.6 Å². The molecule has 1 saturated heterocycles. The fourth-order valence-electron chi connectivity index (χ4n) is 5.33. The molecule has 0 radical (unpaired) electrons. The van der Waals surface area contributed by atoms with E-state index in [4.69, 9.17) is 14.8 Å². The van der Waals surface area contributed by atoms with Crippen molar-refractivity contribution in [3.8, 4) is 5.75 Å². The lowest BCUT2D eigenvalue weighted by molar-refractivity contribution is -0.125. The van der Waals surface area contributed by atoms with Gasteiger partial charge in [-0.05, 0) is 74.4 Å². The van der Waals surface area contributed by atoms with Gasteiger partial charge in [0.1, 0.15) is 29.8 Å². The molecule has 0 bridgehead atoms. The molecule has 1 amide bonds. The summed E-state index contributed by atoms with van der Waals surface area (Å²) in [5.74, 6) is 1.58. The summed E-state index contributed by atoms with van der Waals surface area (Å²) in [5, 5.41) is 22.6. The first-order valence-corrected chi connectivity index (χ1v) is 14.3. The van der Waals surface area contributed by atoms with Crippen molar-refractivity contribution in [1.82, 2.24) is 9.62 Å². The number of hydrogen-bond acceptors (Lipinski definition) is 7. The van der Waals surface area contributed by atoms with E-state index in [0.717, 1.165) is 48.2 Å². The third-order valence-electron chi connectivity index (χ3n) is 7.53. The summed E-state index contributed by atoms with van der Waals surface area (Å²) in [6.07, 6.45) is 7.05. The Bertz CT molecular complexity index is 1110. The van der Waals surface area contributed by atoms with Gasteiger partial charge in [0, 0.05) is 24.4 Å². The van der Waals surface area contributed by atoms with Crippen molar-refractivity contribution in [1.29, 1.82) is 0 Å². The monoisotopic (exact) mass is 519 g/mol. The van der Waals surface area contributed by atoms with Crippen LogP contribution in [0.3, 0.4) is 0 Å². The summed E-state index contributed by atoms with van der Waals surface area (Å²) in [5.41, 5.74) is 1.60. The first-order valence-electron chi connectivity index (χ1n) is 12.8. The normalized spacial score (nSPS) is 22.1. The molecule has 2 fully saturated rings. The van der Waals surface area contributed by atoms with Crippen LogP contribution in [0.2, 0.25) is 0 Å². The largest absolute Gasteiger partial charge is 0.491 e. The van der Waals surface area contributed by atoms with E-state index in [-0.39, 0.29) is 32.2 Å². The van der Waals surface area contributed by atoms with Crippen molar-refractivity contribution in [2.75, 3.05) is 26.3 Å². The summed E-state index contributed by atoms with van der Waals surface area (Å²) in [4.78, 5) is 17.7. The van der Waals surface area contributed by atoms with Crippen molar-refractivity contribution in [2.45, 2.75) is 70.4 Å². The summed E-state index contributed by atoms with van der Waals surface area (Å²) >= 11 is 0. The van der Waals surface area contributed by atoms with E-state index in [9.17, 15) is 18.3 Å². The Labute approximate surface area is 213 Å². The van der Waals surface area contributed by atoms with E-state index in [1.54, 1.807) is 18.2 Å². The maximum absolute atomic E-state index is 13.1. The standard InChI is InChI=1S/C26H37N3O6S/c1-18-14-22(35-17-21(31)16-30)15-19(2)23(18)8-13-36(33,34)29-11-9-26(10-12-29)25(32)27-24(28-26)20-6-4-3-5-7-20/h8,13-15,20-21,30-31H,3-7,9-12,16-17H2,1-2H3,(H,27,28,32). The van der Waals surface area contributed by atoms with E-state index in [1.807, 2.05) is 13.8 Å². The molecule has 9 nitrogen and oxygen atoms in total. The first-order chi connectivity index (χ1) is 17.1. The molecule has 2 aliphatic heterocycles. The van der Waals surface area contributed by atoms with Gasteiger partial charge in [-0.15, -0.1) is 0 Å². The lowest BCUT2D eigenvalue weighted by atomic mass is 9.88. The SMILES string of the molecule is Cc1cc(OCC(O)CO)cc(C)c1C=CS(=O)(=O)N1CCC2(CC1)N=C(C1CCCCC1)NC2=O. The third-order valence-corrected chi connectivity index (χ3v) is 9.09. The number of nitrogens with zero attached hydrogens (tertiary/aromatic N) is 2. The van der Waals surface area contributed by atoms with Gasteiger partial charge in [0.05, 0.1) is 6.61 Å². The number of amidine groups is 1. The number of rotatable bonds is 8. The van der Waals surface area contributed by atoms with Gasteiger partial charge in [-0.25, -0.2) is 8.42 Å². The van der Waals surface area contributed by atoms with E-state index in [2.05, 4.69) is 5.32 Å². The Hall–Kier alpha value is -2.27. The van der Waals surface area contributed by atoms with Gasteiger partial charge in [-0.1, -0.05) is 19.3 Å². The number of nitrogens with one attached hydrogen (secondary N) is 1. The van der Waals surface area contributed by atoms with Gasteiger partial charge in [0.25, 0.3) is 5.91 Å². The van der Waals surface area contributed by atoms with Crippen LogP contribution in [-0.4, -0.2) is 72.6 Å². The number of ether oxygens (including phenoxy) is 1. The second kappa shape index (κ2) is 11.0. The second-order valence-corrected chi connectivity index (χ2v) is 12.0.